The second kappa shape index (κ2) is 6.45. The molecule has 0 aliphatic rings. The molecular formula is C13H16ClN3O4. The number of carbonyl (C=O) groups is 3. The first-order chi connectivity index (χ1) is 9.60. The molecule has 0 heterocycles. The monoisotopic (exact) mass is 313 g/mol. The van der Waals surface area contributed by atoms with Gasteiger partial charge in [0.25, 0.3) is 0 Å². The maximum Gasteiger partial charge on any atom is 0.337 e. The highest BCUT2D eigenvalue weighted by Gasteiger charge is 2.23. The Morgan fingerprint density at radius 2 is 1.95 bits per heavy atom. The first kappa shape index (κ1) is 16.8. The van der Waals surface area contributed by atoms with Crippen molar-refractivity contribution >= 4 is 35.2 Å². The third-order valence-corrected chi connectivity index (χ3v) is 2.76. The minimum atomic E-state index is -1.22. The Balaban J connectivity index is 2.84. The van der Waals surface area contributed by atoms with E-state index in [-0.39, 0.29) is 22.7 Å². The highest BCUT2D eigenvalue weighted by Crippen LogP contribution is 2.21. The van der Waals surface area contributed by atoms with E-state index in [2.05, 4.69) is 10.6 Å². The number of aromatic carboxylic acids is 1. The second-order valence-corrected chi connectivity index (χ2v) is 5.54. The summed E-state index contributed by atoms with van der Waals surface area (Å²) in [6.07, 6.45) is -0.0488. The zero-order chi connectivity index (χ0) is 16.2. The minimum absolute atomic E-state index is 0.0488. The fraction of sp³-hybridized carbons (Fsp3) is 0.308. The molecule has 1 aromatic carbocycles. The highest BCUT2D eigenvalue weighted by molar-refractivity contribution is 6.31. The molecule has 0 spiro atoms. The lowest BCUT2D eigenvalue weighted by Gasteiger charge is -2.25. The van der Waals surface area contributed by atoms with E-state index in [1.165, 1.54) is 18.2 Å². The van der Waals surface area contributed by atoms with Gasteiger partial charge in [-0.1, -0.05) is 11.6 Å². The molecular weight excluding hydrogens is 298 g/mol. The van der Waals surface area contributed by atoms with E-state index in [9.17, 15) is 14.4 Å². The number of carboxylic acids is 1. The summed E-state index contributed by atoms with van der Waals surface area (Å²) >= 11 is 5.72. The Labute approximate surface area is 126 Å². The van der Waals surface area contributed by atoms with Crippen LogP contribution in [-0.4, -0.2) is 28.6 Å². The van der Waals surface area contributed by atoms with Gasteiger partial charge in [0, 0.05) is 17.0 Å². The van der Waals surface area contributed by atoms with Crippen LogP contribution in [-0.2, 0) is 4.79 Å². The van der Waals surface area contributed by atoms with E-state index in [1.54, 1.807) is 13.8 Å². The molecule has 21 heavy (non-hydrogen) atoms. The van der Waals surface area contributed by atoms with Crippen molar-refractivity contribution in [3.63, 3.8) is 0 Å². The van der Waals surface area contributed by atoms with Crippen LogP contribution in [0.5, 0.6) is 0 Å². The molecule has 0 saturated carbocycles. The summed E-state index contributed by atoms with van der Waals surface area (Å²) < 4.78 is 0. The summed E-state index contributed by atoms with van der Waals surface area (Å²) in [6.45, 7) is 3.24. The number of halogens is 1. The lowest BCUT2D eigenvalue weighted by atomic mass is 10.0. The van der Waals surface area contributed by atoms with Crippen LogP contribution in [0.15, 0.2) is 18.2 Å². The Hall–Kier alpha value is -2.28. The predicted molar refractivity (Wildman–Crippen MR) is 78.5 cm³/mol. The van der Waals surface area contributed by atoms with Crippen molar-refractivity contribution in [2.75, 3.05) is 5.32 Å². The van der Waals surface area contributed by atoms with Crippen molar-refractivity contribution in [1.29, 1.82) is 0 Å². The third kappa shape index (κ3) is 5.31. The number of nitrogens with one attached hydrogen (secondary N) is 2. The molecule has 1 rings (SSSR count). The van der Waals surface area contributed by atoms with Crippen LogP contribution in [0.25, 0.3) is 0 Å². The van der Waals surface area contributed by atoms with Crippen molar-refractivity contribution in [2.24, 2.45) is 5.73 Å². The molecule has 0 saturated heterocycles. The first-order valence-electron chi connectivity index (χ1n) is 6.01. The maximum atomic E-state index is 11.9. The van der Waals surface area contributed by atoms with Crippen LogP contribution in [0.4, 0.5) is 10.5 Å². The smallest absolute Gasteiger partial charge is 0.337 e. The molecule has 114 valence electrons. The van der Waals surface area contributed by atoms with E-state index >= 15 is 0 Å². The largest absolute Gasteiger partial charge is 0.478 e. The van der Waals surface area contributed by atoms with Crippen LogP contribution in [0.1, 0.15) is 30.6 Å². The Morgan fingerprint density at radius 3 is 2.48 bits per heavy atom. The van der Waals surface area contributed by atoms with Crippen molar-refractivity contribution in [3.05, 3.63) is 28.8 Å². The molecule has 8 heteroatoms. The Bertz CT molecular complexity index is 587. The summed E-state index contributed by atoms with van der Waals surface area (Å²) in [5, 5.41) is 14.3. The quantitative estimate of drug-likeness (QED) is 0.662. The number of benzene rings is 1. The van der Waals surface area contributed by atoms with Crippen LogP contribution < -0.4 is 16.4 Å². The van der Waals surface area contributed by atoms with Crippen LogP contribution in [0.2, 0.25) is 5.02 Å². The molecule has 0 bridgehead atoms. The molecule has 1 aromatic rings. The van der Waals surface area contributed by atoms with E-state index in [4.69, 9.17) is 22.4 Å². The standard InChI is InChI=1S/C13H16ClN3O4/c1-13(2,6-10(15)18)17-12(21)16-9-4-3-7(14)5-8(9)11(19)20/h3-5H,6H2,1-2H3,(H2,15,18)(H,19,20)(H2,16,17,21). The Kier molecular flexibility index (Phi) is 5.15. The number of amides is 3. The summed E-state index contributed by atoms with van der Waals surface area (Å²) in [5.41, 5.74) is 4.19. The van der Waals surface area contributed by atoms with Gasteiger partial charge in [0.15, 0.2) is 0 Å². The first-order valence-corrected chi connectivity index (χ1v) is 6.39. The normalized spacial score (nSPS) is 10.8. The SMILES string of the molecule is CC(C)(CC(N)=O)NC(=O)Nc1ccc(Cl)cc1C(=O)O. The minimum Gasteiger partial charge on any atom is -0.478 e. The number of primary amides is 1. The van der Waals surface area contributed by atoms with Gasteiger partial charge in [-0.25, -0.2) is 9.59 Å². The van der Waals surface area contributed by atoms with Gasteiger partial charge in [-0.2, -0.15) is 0 Å². The number of hydrogen-bond donors (Lipinski definition) is 4. The average Bonchev–Trinajstić information content (AvgIpc) is 2.28. The van der Waals surface area contributed by atoms with Gasteiger partial charge in [-0.15, -0.1) is 0 Å². The van der Waals surface area contributed by atoms with E-state index < -0.39 is 23.4 Å². The van der Waals surface area contributed by atoms with Gasteiger partial charge in [0.2, 0.25) is 5.91 Å². The number of anilines is 1. The number of urea groups is 1. The van der Waals surface area contributed by atoms with Gasteiger partial charge in [0.05, 0.1) is 11.3 Å². The second-order valence-electron chi connectivity index (χ2n) is 5.10. The molecule has 0 aliphatic heterocycles. The fourth-order valence-electron chi connectivity index (χ4n) is 1.74. The molecule has 0 fully saturated rings. The number of carbonyl (C=O) groups excluding carboxylic acids is 2. The van der Waals surface area contributed by atoms with Gasteiger partial charge < -0.3 is 21.5 Å². The average molecular weight is 314 g/mol. The van der Waals surface area contributed by atoms with Gasteiger partial charge in [-0.3, -0.25) is 4.79 Å². The Morgan fingerprint density at radius 1 is 1.33 bits per heavy atom. The molecule has 0 aromatic heterocycles. The molecule has 0 radical (unpaired) electrons. The fourth-order valence-corrected chi connectivity index (χ4v) is 1.92. The van der Waals surface area contributed by atoms with Gasteiger partial charge in [-0.05, 0) is 32.0 Å². The molecule has 0 atom stereocenters. The van der Waals surface area contributed by atoms with E-state index in [1.807, 2.05) is 0 Å². The molecule has 5 N–H and O–H groups in total. The topological polar surface area (TPSA) is 122 Å². The van der Waals surface area contributed by atoms with Crippen molar-refractivity contribution < 1.29 is 19.5 Å². The van der Waals surface area contributed by atoms with Crippen molar-refractivity contribution in [1.82, 2.24) is 5.32 Å². The van der Waals surface area contributed by atoms with E-state index in [0.717, 1.165) is 0 Å². The maximum absolute atomic E-state index is 11.9. The zero-order valence-electron chi connectivity index (χ0n) is 11.6. The summed E-state index contributed by atoms with van der Waals surface area (Å²) in [7, 11) is 0. The third-order valence-electron chi connectivity index (χ3n) is 2.53. The summed E-state index contributed by atoms with van der Waals surface area (Å²) in [5.74, 6) is -1.78. The lowest BCUT2D eigenvalue weighted by molar-refractivity contribution is -0.119. The van der Waals surface area contributed by atoms with Gasteiger partial charge >= 0.3 is 12.0 Å². The summed E-state index contributed by atoms with van der Waals surface area (Å²) in [4.78, 5) is 33.9. The zero-order valence-corrected chi connectivity index (χ0v) is 12.3. The highest BCUT2D eigenvalue weighted by atomic mass is 35.5. The van der Waals surface area contributed by atoms with Crippen molar-refractivity contribution in [3.8, 4) is 0 Å². The predicted octanol–water partition coefficient (Wildman–Crippen LogP) is 1.81. The number of carboxylic acid groups (broad SMARTS) is 1. The number of nitrogens with two attached hydrogens (primary N) is 1. The molecule has 3 amide bonds. The van der Waals surface area contributed by atoms with E-state index in [0.29, 0.717) is 0 Å². The summed E-state index contributed by atoms with van der Waals surface area (Å²) in [6, 6.07) is 3.42. The number of hydrogen-bond acceptors (Lipinski definition) is 3. The number of rotatable bonds is 5. The van der Waals surface area contributed by atoms with Crippen LogP contribution in [0, 0.1) is 0 Å². The van der Waals surface area contributed by atoms with Gasteiger partial charge in [0.1, 0.15) is 0 Å². The van der Waals surface area contributed by atoms with Crippen LogP contribution in [0.3, 0.4) is 0 Å². The van der Waals surface area contributed by atoms with Crippen molar-refractivity contribution in [2.45, 2.75) is 25.8 Å². The molecule has 0 aliphatic carbocycles. The molecule has 7 nitrogen and oxygen atoms in total. The molecule has 0 unspecified atom stereocenters. The lowest BCUT2D eigenvalue weighted by Crippen LogP contribution is -2.47. The van der Waals surface area contributed by atoms with Crippen LogP contribution >= 0.6 is 11.6 Å².